The maximum Gasteiger partial charge on any atom is 0.341 e. The number of anilines is 3. The lowest BCUT2D eigenvalue weighted by Gasteiger charge is -2.39. The second-order valence-electron chi connectivity index (χ2n) is 8.66. The summed E-state index contributed by atoms with van der Waals surface area (Å²) >= 11 is 0.969. The van der Waals surface area contributed by atoms with Crippen molar-refractivity contribution in [3.8, 4) is 10.9 Å². The number of rotatable bonds is 7. The van der Waals surface area contributed by atoms with Gasteiger partial charge in [-0.1, -0.05) is 0 Å². The molecule has 38 heavy (non-hydrogen) atoms. The summed E-state index contributed by atoms with van der Waals surface area (Å²) in [6.45, 7) is 0.358. The summed E-state index contributed by atoms with van der Waals surface area (Å²) in [4.78, 5) is 53.2. The van der Waals surface area contributed by atoms with E-state index in [-0.39, 0.29) is 41.0 Å². The number of amides is 1. The van der Waals surface area contributed by atoms with Crippen molar-refractivity contribution in [2.24, 2.45) is 5.92 Å². The number of fused-ring (bicyclic) bond motifs is 1. The Labute approximate surface area is 218 Å². The number of nitrogens with one attached hydrogen (secondary N) is 1. The average molecular weight is 541 g/mol. The second-order valence-corrected chi connectivity index (χ2v) is 9.39. The van der Waals surface area contributed by atoms with Crippen molar-refractivity contribution in [1.82, 2.24) is 23.9 Å². The molecule has 196 valence electrons. The molecule has 5 rings (SSSR count). The van der Waals surface area contributed by atoms with Crippen molar-refractivity contribution >= 4 is 52.0 Å². The van der Waals surface area contributed by atoms with Gasteiger partial charge in [-0.05, 0) is 18.2 Å². The summed E-state index contributed by atoms with van der Waals surface area (Å²) in [6.07, 6.45) is 2.58. The Bertz CT molecular complexity index is 1610. The third-order valence-corrected chi connectivity index (χ3v) is 6.64. The minimum atomic E-state index is -1.46. The molecule has 1 aliphatic rings. The quantitative estimate of drug-likeness (QED) is 0.351. The number of ether oxygens (including phenoxy) is 1. The Kier molecular flexibility index (Phi) is 6.36. The molecule has 13 nitrogen and oxygen atoms in total. The zero-order valence-electron chi connectivity index (χ0n) is 20.4. The predicted octanol–water partition coefficient (Wildman–Crippen LogP) is 1.62. The van der Waals surface area contributed by atoms with Crippen LogP contribution in [-0.4, -0.2) is 75.2 Å². The van der Waals surface area contributed by atoms with E-state index in [1.54, 1.807) is 36.0 Å². The van der Waals surface area contributed by atoms with Crippen molar-refractivity contribution in [2.75, 3.05) is 49.4 Å². The third-order valence-electron chi connectivity index (χ3n) is 5.93. The van der Waals surface area contributed by atoms with E-state index in [4.69, 9.17) is 4.74 Å². The van der Waals surface area contributed by atoms with Gasteiger partial charge in [0.1, 0.15) is 17.1 Å². The van der Waals surface area contributed by atoms with Crippen molar-refractivity contribution in [3.05, 3.63) is 52.2 Å². The van der Waals surface area contributed by atoms with Crippen LogP contribution in [0.2, 0.25) is 0 Å². The van der Waals surface area contributed by atoms with Crippen LogP contribution in [-0.2, 0) is 4.79 Å². The highest BCUT2D eigenvalue weighted by Gasteiger charge is 2.35. The fourth-order valence-corrected chi connectivity index (χ4v) is 4.56. The molecule has 4 aromatic rings. The molecule has 0 radical (unpaired) electrons. The lowest BCUT2D eigenvalue weighted by atomic mass is 9.99. The van der Waals surface area contributed by atoms with Gasteiger partial charge >= 0.3 is 5.97 Å². The van der Waals surface area contributed by atoms with Crippen LogP contribution in [0.3, 0.4) is 0 Å². The standard InChI is InChI=1S/C23H21FN8O5S/c1-30(2)22-28-23(38-29-22)32-10-14(21(35)36)17(33)13-6-15(24)19(27-18(13)32)31-8-11(9-31)20(34)26-16-5-4-12(37-3)7-25-16/h4-7,10-11H,8-9H2,1-3H3,(H,35,36)(H,25,26,34). The molecular weight excluding hydrogens is 519 g/mol. The predicted molar refractivity (Wildman–Crippen MR) is 137 cm³/mol. The lowest BCUT2D eigenvalue weighted by molar-refractivity contribution is -0.120. The molecule has 0 aromatic carbocycles. The molecule has 15 heteroatoms. The topological polar surface area (TPSA) is 156 Å². The Hall–Kier alpha value is -4.66. The number of carboxylic acids is 1. The van der Waals surface area contributed by atoms with Crippen LogP contribution in [0.4, 0.5) is 22.0 Å². The van der Waals surface area contributed by atoms with Gasteiger partial charge in [0.05, 0.1) is 24.6 Å². The summed E-state index contributed by atoms with van der Waals surface area (Å²) in [5.41, 5.74) is -1.40. The van der Waals surface area contributed by atoms with Gasteiger partial charge in [0.15, 0.2) is 17.3 Å². The summed E-state index contributed by atoms with van der Waals surface area (Å²) in [5.74, 6) is -1.79. The van der Waals surface area contributed by atoms with E-state index in [0.29, 0.717) is 17.5 Å². The summed E-state index contributed by atoms with van der Waals surface area (Å²) in [7, 11) is 4.99. The highest BCUT2D eigenvalue weighted by atomic mass is 32.1. The van der Waals surface area contributed by atoms with Crippen molar-refractivity contribution in [1.29, 1.82) is 0 Å². The van der Waals surface area contributed by atoms with E-state index in [2.05, 4.69) is 24.6 Å². The van der Waals surface area contributed by atoms with Gasteiger partial charge < -0.3 is 25.0 Å². The molecule has 1 saturated heterocycles. The number of hydrogen-bond donors (Lipinski definition) is 2. The van der Waals surface area contributed by atoms with Gasteiger partial charge in [0.2, 0.25) is 22.4 Å². The largest absolute Gasteiger partial charge is 0.495 e. The summed E-state index contributed by atoms with van der Waals surface area (Å²) in [6, 6.07) is 4.24. The van der Waals surface area contributed by atoms with Crippen LogP contribution >= 0.6 is 11.5 Å². The highest BCUT2D eigenvalue weighted by molar-refractivity contribution is 7.08. The summed E-state index contributed by atoms with van der Waals surface area (Å²) < 4.78 is 25.7. The normalized spacial score (nSPS) is 13.3. The fraction of sp³-hybridized carbons (Fsp3) is 0.261. The molecule has 0 aliphatic carbocycles. The van der Waals surface area contributed by atoms with E-state index >= 15 is 4.39 Å². The van der Waals surface area contributed by atoms with Crippen LogP contribution in [0.15, 0.2) is 35.4 Å². The number of carbonyl (C=O) groups excluding carboxylic acids is 1. The molecule has 0 unspecified atom stereocenters. The van der Waals surface area contributed by atoms with E-state index in [0.717, 1.165) is 23.8 Å². The smallest absolute Gasteiger partial charge is 0.341 e. The molecule has 0 atom stereocenters. The molecule has 4 aromatic heterocycles. The van der Waals surface area contributed by atoms with Crippen molar-refractivity contribution < 1.29 is 23.8 Å². The van der Waals surface area contributed by atoms with Gasteiger partial charge in [0, 0.05) is 44.9 Å². The highest BCUT2D eigenvalue weighted by Crippen LogP contribution is 2.30. The Balaban J connectivity index is 1.45. The number of hydrogen-bond acceptors (Lipinski definition) is 11. The minimum Gasteiger partial charge on any atom is -0.495 e. The Morgan fingerprint density at radius 1 is 1.26 bits per heavy atom. The first-order valence-corrected chi connectivity index (χ1v) is 12.0. The lowest BCUT2D eigenvalue weighted by Crippen LogP contribution is -2.52. The van der Waals surface area contributed by atoms with Crippen LogP contribution < -0.4 is 25.3 Å². The first-order valence-electron chi connectivity index (χ1n) is 11.2. The first-order chi connectivity index (χ1) is 18.2. The number of carboxylic acid groups (broad SMARTS) is 1. The van der Waals surface area contributed by atoms with Crippen molar-refractivity contribution in [2.45, 2.75) is 0 Å². The number of nitrogens with zero attached hydrogens (tertiary/aromatic N) is 7. The van der Waals surface area contributed by atoms with Crippen LogP contribution in [0.5, 0.6) is 5.75 Å². The average Bonchev–Trinajstić information content (AvgIpc) is 3.35. The molecule has 1 aliphatic heterocycles. The molecule has 1 amide bonds. The monoisotopic (exact) mass is 540 g/mol. The zero-order valence-corrected chi connectivity index (χ0v) is 21.2. The SMILES string of the molecule is COc1ccc(NC(=O)C2CN(c3nc4c(cc3F)c(=O)c(C(=O)O)cn4-c3nc(N(C)C)ns3)C2)nc1. The Morgan fingerprint density at radius 2 is 2.03 bits per heavy atom. The van der Waals surface area contributed by atoms with E-state index in [1.165, 1.54) is 17.9 Å². The third kappa shape index (κ3) is 4.47. The molecule has 2 N–H and O–H groups in total. The summed E-state index contributed by atoms with van der Waals surface area (Å²) in [5, 5.41) is 12.3. The molecule has 1 fully saturated rings. The number of aromatic nitrogens is 5. The second kappa shape index (κ2) is 9.66. The number of carbonyl (C=O) groups is 2. The first kappa shape index (κ1) is 25.0. The molecular formula is C23H21FN8O5S. The van der Waals surface area contributed by atoms with Crippen molar-refractivity contribution in [3.63, 3.8) is 0 Å². The Morgan fingerprint density at radius 3 is 2.63 bits per heavy atom. The van der Waals surface area contributed by atoms with E-state index in [9.17, 15) is 19.5 Å². The number of pyridine rings is 3. The molecule has 0 saturated carbocycles. The van der Waals surface area contributed by atoms with E-state index in [1.807, 2.05) is 0 Å². The van der Waals surface area contributed by atoms with Crippen LogP contribution in [0.1, 0.15) is 10.4 Å². The minimum absolute atomic E-state index is 0.0215. The van der Waals surface area contributed by atoms with Gasteiger partial charge in [-0.15, -0.1) is 0 Å². The van der Waals surface area contributed by atoms with E-state index < -0.39 is 28.7 Å². The van der Waals surface area contributed by atoms with Crippen LogP contribution in [0, 0.1) is 11.7 Å². The van der Waals surface area contributed by atoms with Crippen LogP contribution in [0.25, 0.3) is 16.2 Å². The molecule has 5 heterocycles. The molecule has 0 bridgehead atoms. The van der Waals surface area contributed by atoms with Gasteiger partial charge in [-0.25, -0.2) is 19.2 Å². The van der Waals surface area contributed by atoms with Gasteiger partial charge in [0.25, 0.3) is 0 Å². The van der Waals surface area contributed by atoms with Gasteiger partial charge in [-0.2, -0.15) is 9.36 Å². The fourth-order valence-electron chi connectivity index (χ4n) is 3.84. The molecule has 0 spiro atoms. The zero-order chi connectivity index (χ0) is 27.1. The van der Waals surface area contributed by atoms with Gasteiger partial charge in [-0.3, -0.25) is 14.2 Å². The number of halogens is 1. The maximum atomic E-state index is 15.1. The number of aromatic carboxylic acids is 1. The number of methoxy groups -OCH3 is 1. The maximum absolute atomic E-state index is 15.1.